The Kier molecular flexibility index (Phi) is 5.45. The third kappa shape index (κ3) is 4.34. The molecule has 0 bridgehead atoms. The summed E-state index contributed by atoms with van der Waals surface area (Å²) in [6.45, 7) is 1.65. The standard InChI is InChI=1S/C23H25N3O/c27-20-13-15-26(16-14-20)22-17-21(18-9-5-2-1-3-6-10-18)24-23(25-22)19-11-7-4-8-12-19/h1-2,4,6-12,17,20,27H,3,5,13-16H2/b2-1-,10-6?,18-9+. The molecule has 138 valence electrons. The van der Waals surface area contributed by atoms with Crippen LogP contribution >= 0.6 is 0 Å². The molecule has 1 aromatic heterocycles. The highest BCUT2D eigenvalue weighted by atomic mass is 16.3. The van der Waals surface area contributed by atoms with Crippen LogP contribution in [0.5, 0.6) is 0 Å². The van der Waals surface area contributed by atoms with E-state index in [4.69, 9.17) is 9.97 Å². The monoisotopic (exact) mass is 359 g/mol. The molecule has 0 unspecified atom stereocenters. The minimum absolute atomic E-state index is 0.195. The van der Waals surface area contributed by atoms with Crippen LogP contribution in [0.3, 0.4) is 0 Å². The van der Waals surface area contributed by atoms with E-state index >= 15 is 0 Å². The van der Waals surface area contributed by atoms with Gasteiger partial charge in [0.05, 0.1) is 11.8 Å². The zero-order valence-corrected chi connectivity index (χ0v) is 15.5. The van der Waals surface area contributed by atoms with Crippen LogP contribution in [0.1, 0.15) is 31.4 Å². The van der Waals surface area contributed by atoms with Crippen LogP contribution in [0.15, 0.2) is 66.8 Å². The summed E-state index contributed by atoms with van der Waals surface area (Å²) >= 11 is 0. The lowest BCUT2D eigenvalue weighted by atomic mass is 10.1. The number of hydrogen-bond acceptors (Lipinski definition) is 4. The van der Waals surface area contributed by atoms with Crippen molar-refractivity contribution in [2.45, 2.75) is 31.8 Å². The summed E-state index contributed by atoms with van der Waals surface area (Å²) in [5.74, 6) is 1.69. The maximum Gasteiger partial charge on any atom is 0.162 e. The molecule has 0 saturated carbocycles. The molecule has 1 saturated heterocycles. The number of benzene rings is 1. The second kappa shape index (κ2) is 8.31. The van der Waals surface area contributed by atoms with E-state index in [1.54, 1.807) is 0 Å². The molecule has 2 aromatic rings. The second-order valence-electron chi connectivity index (χ2n) is 7.02. The van der Waals surface area contributed by atoms with E-state index in [1.165, 1.54) is 0 Å². The first-order valence-electron chi connectivity index (χ1n) is 9.69. The number of allylic oxidation sites excluding steroid dienone is 6. The summed E-state index contributed by atoms with van der Waals surface area (Å²) in [4.78, 5) is 12.0. The Balaban J connectivity index is 1.76. The molecule has 4 nitrogen and oxygen atoms in total. The summed E-state index contributed by atoms with van der Waals surface area (Å²) in [5, 5.41) is 9.84. The van der Waals surface area contributed by atoms with Crippen LogP contribution in [-0.2, 0) is 0 Å². The molecule has 1 aliphatic carbocycles. The molecule has 2 heterocycles. The maximum atomic E-state index is 9.84. The van der Waals surface area contributed by atoms with E-state index in [0.29, 0.717) is 0 Å². The zero-order valence-electron chi connectivity index (χ0n) is 15.5. The average molecular weight is 359 g/mol. The van der Waals surface area contributed by atoms with E-state index in [9.17, 15) is 5.11 Å². The number of piperidine rings is 1. The Morgan fingerprint density at radius 2 is 1.70 bits per heavy atom. The van der Waals surface area contributed by atoms with Gasteiger partial charge in [-0.25, -0.2) is 9.97 Å². The fourth-order valence-electron chi connectivity index (χ4n) is 3.47. The van der Waals surface area contributed by atoms with Gasteiger partial charge in [0.2, 0.25) is 0 Å². The molecule has 27 heavy (non-hydrogen) atoms. The van der Waals surface area contributed by atoms with E-state index in [1.807, 2.05) is 30.3 Å². The van der Waals surface area contributed by atoms with Crippen LogP contribution in [0.25, 0.3) is 17.0 Å². The van der Waals surface area contributed by atoms with Crippen LogP contribution in [0.2, 0.25) is 0 Å². The van der Waals surface area contributed by atoms with Crippen molar-refractivity contribution in [3.63, 3.8) is 0 Å². The van der Waals surface area contributed by atoms with E-state index in [-0.39, 0.29) is 6.10 Å². The average Bonchev–Trinajstić information content (AvgIpc) is 2.69. The topological polar surface area (TPSA) is 49.2 Å². The largest absolute Gasteiger partial charge is 0.393 e. The van der Waals surface area contributed by atoms with Gasteiger partial charge in [-0.3, -0.25) is 0 Å². The van der Waals surface area contributed by atoms with Gasteiger partial charge in [0.15, 0.2) is 5.82 Å². The molecule has 1 N–H and O–H groups in total. The number of aliphatic hydroxyl groups excluding tert-OH is 1. The zero-order chi connectivity index (χ0) is 18.5. The number of aliphatic hydroxyl groups is 1. The van der Waals surface area contributed by atoms with Crippen molar-refractivity contribution in [1.29, 1.82) is 0 Å². The van der Waals surface area contributed by atoms with Crippen molar-refractivity contribution in [3.05, 3.63) is 72.5 Å². The number of rotatable bonds is 3. The minimum atomic E-state index is -0.195. The summed E-state index contributed by atoms with van der Waals surface area (Å²) < 4.78 is 0. The molecule has 4 rings (SSSR count). The fourth-order valence-corrected chi connectivity index (χ4v) is 3.47. The molecule has 0 spiro atoms. The van der Waals surface area contributed by atoms with Crippen molar-refractivity contribution in [1.82, 2.24) is 9.97 Å². The number of nitrogens with zero attached hydrogens (tertiary/aromatic N) is 3. The highest BCUT2D eigenvalue weighted by molar-refractivity contribution is 5.75. The van der Waals surface area contributed by atoms with E-state index < -0.39 is 0 Å². The molecule has 0 atom stereocenters. The molecule has 1 fully saturated rings. The molecule has 4 heteroatoms. The highest BCUT2D eigenvalue weighted by Crippen LogP contribution is 2.27. The summed E-state index contributed by atoms with van der Waals surface area (Å²) in [6, 6.07) is 12.2. The van der Waals surface area contributed by atoms with Gasteiger partial charge in [-0.2, -0.15) is 0 Å². The molecule has 2 aliphatic rings. The Morgan fingerprint density at radius 3 is 2.52 bits per heavy atom. The van der Waals surface area contributed by atoms with Crippen LogP contribution < -0.4 is 4.90 Å². The van der Waals surface area contributed by atoms with Gasteiger partial charge in [-0.05, 0) is 31.3 Å². The van der Waals surface area contributed by atoms with Crippen molar-refractivity contribution in [2.75, 3.05) is 18.0 Å². The van der Waals surface area contributed by atoms with Crippen molar-refractivity contribution >= 4 is 11.4 Å². The quantitative estimate of drug-likeness (QED) is 0.826. The Labute approximate surface area is 160 Å². The lowest BCUT2D eigenvalue weighted by Crippen LogP contribution is -2.36. The van der Waals surface area contributed by atoms with Crippen LogP contribution in [0, 0.1) is 0 Å². The molecule has 1 aromatic carbocycles. The van der Waals surface area contributed by atoms with Gasteiger partial charge in [-0.1, -0.05) is 60.7 Å². The first-order chi connectivity index (χ1) is 13.3. The third-order valence-electron chi connectivity index (χ3n) is 5.04. The lowest BCUT2D eigenvalue weighted by molar-refractivity contribution is 0.145. The first-order valence-corrected chi connectivity index (χ1v) is 9.69. The van der Waals surface area contributed by atoms with Crippen molar-refractivity contribution in [3.8, 4) is 11.4 Å². The molecule has 0 amide bonds. The normalized spacial score (nSPS) is 21.2. The summed E-state index contributed by atoms with van der Waals surface area (Å²) in [5.41, 5.74) is 3.11. The van der Waals surface area contributed by atoms with Gasteiger partial charge >= 0.3 is 0 Å². The minimum Gasteiger partial charge on any atom is -0.393 e. The van der Waals surface area contributed by atoms with Crippen LogP contribution in [-0.4, -0.2) is 34.3 Å². The number of anilines is 1. The lowest BCUT2D eigenvalue weighted by Gasteiger charge is -2.31. The van der Waals surface area contributed by atoms with E-state index in [0.717, 1.165) is 67.2 Å². The molecule has 1 aliphatic heterocycles. The first kappa shape index (κ1) is 17.7. The Hall–Kier alpha value is -2.72. The SMILES string of the molecule is OC1CCN(c2cc(/C3=C/C/C=C\CC=C3)nc(-c3ccccc3)n2)CC1. The van der Waals surface area contributed by atoms with Gasteiger partial charge < -0.3 is 10.0 Å². The van der Waals surface area contributed by atoms with Gasteiger partial charge in [0, 0.05) is 24.7 Å². The molecule has 0 radical (unpaired) electrons. The second-order valence-corrected chi connectivity index (χ2v) is 7.02. The van der Waals surface area contributed by atoms with Gasteiger partial charge in [-0.15, -0.1) is 0 Å². The predicted molar refractivity (Wildman–Crippen MR) is 110 cm³/mol. The van der Waals surface area contributed by atoms with Crippen LogP contribution in [0.4, 0.5) is 5.82 Å². The predicted octanol–water partition coefficient (Wildman–Crippen LogP) is 4.39. The van der Waals surface area contributed by atoms with Gasteiger partial charge in [0.1, 0.15) is 5.82 Å². The number of aromatic nitrogens is 2. The van der Waals surface area contributed by atoms with Gasteiger partial charge in [0.25, 0.3) is 0 Å². The maximum absolute atomic E-state index is 9.84. The fraction of sp³-hybridized carbons (Fsp3) is 0.304. The Bertz CT molecular complexity index is 862. The van der Waals surface area contributed by atoms with Crippen molar-refractivity contribution in [2.24, 2.45) is 0 Å². The highest BCUT2D eigenvalue weighted by Gasteiger charge is 2.20. The summed E-state index contributed by atoms with van der Waals surface area (Å²) in [6.07, 6.45) is 14.2. The molecular weight excluding hydrogens is 334 g/mol. The smallest absolute Gasteiger partial charge is 0.162 e. The molecular formula is C23H25N3O. The van der Waals surface area contributed by atoms with E-state index in [2.05, 4.69) is 41.3 Å². The van der Waals surface area contributed by atoms with Crippen molar-refractivity contribution < 1.29 is 5.11 Å². The summed E-state index contributed by atoms with van der Waals surface area (Å²) in [7, 11) is 0. The number of hydrogen-bond donors (Lipinski definition) is 1. The third-order valence-corrected chi connectivity index (χ3v) is 5.04. The Morgan fingerprint density at radius 1 is 0.926 bits per heavy atom.